The van der Waals surface area contributed by atoms with E-state index in [4.69, 9.17) is 11.6 Å². The summed E-state index contributed by atoms with van der Waals surface area (Å²) < 4.78 is 0. The largest absolute Gasteiger partial charge is 0.354 e. The molecule has 4 rings (SSSR count). The number of piperidine rings is 1. The number of nitro groups is 1. The number of amides is 3. The molecule has 10 nitrogen and oxygen atoms in total. The fourth-order valence-corrected chi connectivity index (χ4v) is 5.28. The van der Waals surface area contributed by atoms with E-state index in [1.807, 2.05) is 35.2 Å². The summed E-state index contributed by atoms with van der Waals surface area (Å²) in [6.45, 7) is 5.54. The van der Waals surface area contributed by atoms with Crippen molar-refractivity contribution in [2.24, 2.45) is 5.92 Å². The molecule has 3 amide bonds. The molecule has 2 aliphatic rings. The molecule has 1 atom stereocenters. The molecule has 2 aromatic carbocycles. The van der Waals surface area contributed by atoms with Crippen LogP contribution < -0.4 is 10.2 Å². The second kappa shape index (κ2) is 11.4. The number of benzene rings is 2. The van der Waals surface area contributed by atoms with Crippen LogP contribution in [0.25, 0.3) is 0 Å². The summed E-state index contributed by atoms with van der Waals surface area (Å²) in [6, 6.07) is 13.4. The van der Waals surface area contributed by atoms with Crippen LogP contribution in [0.3, 0.4) is 0 Å². The minimum absolute atomic E-state index is 0.0157. The van der Waals surface area contributed by atoms with Crippen LogP contribution in [0.1, 0.15) is 43.5 Å². The fourth-order valence-electron chi connectivity index (χ4n) is 5.03. The number of halogens is 1. The summed E-state index contributed by atoms with van der Waals surface area (Å²) in [4.78, 5) is 55.4. The lowest BCUT2D eigenvalue weighted by Crippen LogP contribution is -2.57. The summed E-state index contributed by atoms with van der Waals surface area (Å²) in [7, 11) is 0. The smallest absolute Gasteiger partial charge is 0.270 e. The van der Waals surface area contributed by atoms with Gasteiger partial charge < -0.3 is 20.0 Å². The van der Waals surface area contributed by atoms with Crippen molar-refractivity contribution < 1.29 is 19.3 Å². The summed E-state index contributed by atoms with van der Waals surface area (Å²) >= 11 is 6.20. The SMILES string of the molecule is CCC(C)CNC(=O)CN1CN(c2ccccc2)C2(CCN(C(=O)c3ccc([N+](=O)[O-])cc3Cl)CC2)C1=O. The van der Waals surface area contributed by atoms with Crippen LogP contribution >= 0.6 is 11.6 Å². The van der Waals surface area contributed by atoms with Gasteiger partial charge in [-0.25, -0.2) is 0 Å². The number of hydrogen-bond acceptors (Lipinski definition) is 6. The molecule has 0 aliphatic carbocycles. The lowest BCUT2D eigenvalue weighted by Gasteiger charge is -2.43. The van der Waals surface area contributed by atoms with Gasteiger partial charge in [0.25, 0.3) is 17.5 Å². The number of likely N-dealkylation sites (tertiary alicyclic amines) is 1. The average Bonchev–Trinajstić information content (AvgIpc) is 3.18. The fraction of sp³-hybridized carbons (Fsp3) is 0.444. The minimum Gasteiger partial charge on any atom is -0.354 e. The Hall–Kier alpha value is -3.66. The third kappa shape index (κ3) is 5.45. The van der Waals surface area contributed by atoms with Gasteiger partial charge in [0.2, 0.25) is 5.91 Å². The van der Waals surface area contributed by atoms with Gasteiger partial charge in [0.05, 0.1) is 22.2 Å². The molecule has 2 fully saturated rings. The number of nitrogens with zero attached hydrogens (tertiary/aromatic N) is 4. The highest BCUT2D eigenvalue weighted by molar-refractivity contribution is 6.34. The number of non-ortho nitro benzene ring substituents is 1. The average molecular weight is 542 g/mol. The Morgan fingerprint density at radius 2 is 1.84 bits per heavy atom. The van der Waals surface area contributed by atoms with E-state index >= 15 is 0 Å². The predicted molar refractivity (Wildman–Crippen MR) is 144 cm³/mol. The lowest BCUT2D eigenvalue weighted by molar-refractivity contribution is -0.384. The van der Waals surface area contributed by atoms with E-state index in [0.717, 1.165) is 12.1 Å². The van der Waals surface area contributed by atoms with Gasteiger partial charge in [0.1, 0.15) is 12.1 Å². The van der Waals surface area contributed by atoms with E-state index in [2.05, 4.69) is 19.2 Å². The number of hydrogen-bond donors (Lipinski definition) is 1. The van der Waals surface area contributed by atoms with E-state index in [0.29, 0.717) is 38.4 Å². The summed E-state index contributed by atoms with van der Waals surface area (Å²) in [5.74, 6) is -0.297. The van der Waals surface area contributed by atoms with E-state index in [9.17, 15) is 24.5 Å². The molecule has 1 unspecified atom stereocenters. The molecule has 1 N–H and O–H groups in total. The van der Waals surface area contributed by atoms with Gasteiger partial charge in [-0.15, -0.1) is 0 Å². The molecular weight excluding hydrogens is 510 g/mol. The second-order valence-electron chi connectivity index (χ2n) is 9.97. The molecule has 11 heteroatoms. The maximum Gasteiger partial charge on any atom is 0.270 e. The van der Waals surface area contributed by atoms with Crippen molar-refractivity contribution in [1.29, 1.82) is 0 Å². The summed E-state index contributed by atoms with van der Waals surface area (Å²) in [5, 5.41) is 14.0. The molecule has 0 radical (unpaired) electrons. The van der Waals surface area contributed by atoms with Gasteiger partial charge in [-0.3, -0.25) is 24.5 Å². The van der Waals surface area contributed by atoms with E-state index < -0.39 is 10.5 Å². The molecule has 2 aromatic rings. The third-order valence-electron chi connectivity index (χ3n) is 7.53. The number of carbonyl (C=O) groups is 3. The van der Waals surface area contributed by atoms with Gasteiger partial charge in [-0.2, -0.15) is 0 Å². The Morgan fingerprint density at radius 3 is 2.45 bits per heavy atom. The van der Waals surface area contributed by atoms with Crippen molar-refractivity contribution in [1.82, 2.24) is 15.1 Å². The monoisotopic (exact) mass is 541 g/mol. The van der Waals surface area contributed by atoms with Gasteiger partial charge in [-0.1, -0.05) is 50.1 Å². The van der Waals surface area contributed by atoms with Gasteiger partial charge in [0.15, 0.2) is 0 Å². The third-order valence-corrected chi connectivity index (χ3v) is 7.85. The molecule has 202 valence electrons. The molecule has 0 saturated carbocycles. The maximum atomic E-state index is 13.8. The van der Waals surface area contributed by atoms with Gasteiger partial charge in [0, 0.05) is 37.5 Å². The Kier molecular flexibility index (Phi) is 8.20. The van der Waals surface area contributed by atoms with Crippen molar-refractivity contribution in [3.8, 4) is 0 Å². The number of nitro benzene ring substituents is 1. The zero-order valence-corrected chi connectivity index (χ0v) is 22.3. The number of rotatable bonds is 8. The zero-order valence-electron chi connectivity index (χ0n) is 21.6. The molecule has 0 aromatic heterocycles. The van der Waals surface area contributed by atoms with E-state index in [1.54, 1.807) is 9.80 Å². The molecular formula is C27H32ClN5O5. The molecule has 1 spiro atoms. The number of anilines is 1. The van der Waals surface area contributed by atoms with Crippen LogP contribution in [0.4, 0.5) is 11.4 Å². The van der Waals surface area contributed by atoms with Crippen molar-refractivity contribution in [3.63, 3.8) is 0 Å². The van der Waals surface area contributed by atoms with Crippen molar-refractivity contribution in [2.45, 2.75) is 38.6 Å². The van der Waals surface area contributed by atoms with Crippen molar-refractivity contribution >= 4 is 40.7 Å². The van der Waals surface area contributed by atoms with Crippen LogP contribution in [-0.2, 0) is 9.59 Å². The first kappa shape index (κ1) is 27.4. The van der Waals surface area contributed by atoms with Crippen LogP contribution in [-0.4, -0.2) is 70.8 Å². The van der Waals surface area contributed by atoms with Gasteiger partial charge in [-0.05, 0) is 37.0 Å². The zero-order chi connectivity index (χ0) is 27.4. The molecule has 2 aliphatic heterocycles. The van der Waals surface area contributed by atoms with Gasteiger partial charge >= 0.3 is 0 Å². The first-order valence-corrected chi connectivity index (χ1v) is 13.2. The summed E-state index contributed by atoms with van der Waals surface area (Å²) in [5.41, 5.74) is -0.00601. The quantitative estimate of drug-likeness (QED) is 0.402. The number of carbonyl (C=O) groups excluding carboxylic acids is 3. The van der Waals surface area contributed by atoms with E-state index in [-0.39, 0.29) is 47.2 Å². The molecule has 0 bridgehead atoms. The highest BCUT2D eigenvalue weighted by Crippen LogP contribution is 2.40. The van der Waals surface area contributed by atoms with Crippen LogP contribution in [0.15, 0.2) is 48.5 Å². The van der Waals surface area contributed by atoms with Crippen molar-refractivity contribution in [2.75, 3.05) is 37.7 Å². The Balaban J connectivity index is 1.51. The predicted octanol–water partition coefficient (Wildman–Crippen LogP) is 3.69. The highest BCUT2D eigenvalue weighted by atomic mass is 35.5. The lowest BCUT2D eigenvalue weighted by atomic mass is 9.85. The van der Waals surface area contributed by atoms with E-state index in [1.165, 1.54) is 18.2 Å². The van der Waals surface area contributed by atoms with Crippen LogP contribution in [0, 0.1) is 16.0 Å². The normalized spacial score (nSPS) is 17.6. The molecule has 38 heavy (non-hydrogen) atoms. The Bertz CT molecular complexity index is 1220. The van der Waals surface area contributed by atoms with Crippen molar-refractivity contribution in [3.05, 3.63) is 69.2 Å². The topological polar surface area (TPSA) is 116 Å². The number of nitrogens with one attached hydrogen (secondary N) is 1. The minimum atomic E-state index is -0.881. The Morgan fingerprint density at radius 1 is 1.16 bits per heavy atom. The second-order valence-corrected chi connectivity index (χ2v) is 10.4. The van der Waals surface area contributed by atoms with Crippen LogP contribution in [0.2, 0.25) is 5.02 Å². The Labute approximate surface area is 226 Å². The number of para-hydroxylation sites is 1. The standard InChI is InChI=1S/C27H32ClN5O5/c1-3-19(2)16-29-24(34)17-31-18-32(20-7-5-4-6-8-20)27(26(31)36)11-13-30(14-12-27)25(35)22-10-9-21(33(37)38)15-23(22)28/h4-10,15,19H,3,11-14,16-18H2,1-2H3,(H,29,34). The molecule has 2 saturated heterocycles. The highest BCUT2D eigenvalue weighted by Gasteiger charge is 2.54. The maximum absolute atomic E-state index is 13.8. The van der Waals surface area contributed by atoms with Crippen LogP contribution in [0.5, 0.6) is 0 Å². The first-order valence-electron chi connectivity index (χ1n) is 12.8. The molecule has 2 heterocycles. The first-order chi connectivity index (χ1) is 18.2. The summed E-state index contributed by atoms with van der Waals surface area (Å²) in [6.07, 6.45) is 1.71.